The van der Waals surface area contributed by atoms with Crippen molar-refractivity contribution >= 4 is 11.8 Å². The molecule has 6 heteroatoms. The lowest BCUT2D eigenvalue weighted by Crippen LogP contribution is -2.04. The number of rotatable bonds is 7. The molecule has 25 heavy (non-hydrogen) atoms. The Hall–Kier alpha value is -2.47. The molecule has 0 unspecified atom stereocenters. The maximum absolute atomic E-state index is 5.78. The van der Waals surface area contributed by atoms with Crippen LogP contribution in [-0.4, -0.2) is 21.9 Å². The van der Waals surface area contributed by atoms with Gasteiger partial charge in [0.25, 0.3) is 0 Å². The van der Waals surface area contributed by atoms with Crippen molar-refractivity contribution in [2.24, 2.45) is 7.05 Å². The molecule has 0 radical (unpaired) electrons. The van der Waals surface area contributed by atoms with Gasteiger partial charge in [-0.25, -0.2) is 0 Å². The fourth-order valence-corrected chi connectivity index (χ4v) is 3.34. The minimum Gasteiger partial charge on any atom is -0.497 e. The van der Waals surface area contributed by atoms with E-state index in [-0.39, 0.29) is 0 Å². The maximum atomic E-state index is 5.78. The van der Waals surface area contributed by atoms with Crippen LogP contribution in [0.15, 0.2) is 53.7 Å². The van der Waals surface area contributed by atoms with Gasteiger partial charge in [-0.2, -0.15) is 0 Å². The monoisotopic (exact) mass is 355 g/mol. The summed E-state index contributed by atoms with van der Waals surface area (Å²) in [6, 6.07) is 15.9. The molecule has 3 aromatic rings. The topological polar surface area (TPSA) is 49.2 Å². The van der Waals surface area contributed by atoms with E-state index in [1.165, 1.54) is 11.1 Å². The Morgan fingerprint density at radius 3 is 2.44 bits per heavy atom. The summed E-state index contributed by atoms with van der Waals surface area (Å²) in [5.74, 6) is 3.25. The summed E-state index contributed by atoms with van der Waals surface area (Å²) in [5.41, 5.74) is 2.60. The van der Waals surface area contributed by atoms with E-state index in [1.807, 2.05) is 35.9 Å². The Morgan fingerprint density at radius 2 is 1.72 bits per heavy atom. The first-order valence-corrected chi connectivity index (χ1v) is 8.98. The zero-order chi connectivity index (χ0) is 17.6. The third-order valence-electron chi connectivity index (χ3n) is 3.97. The Bertz CT molecular complexity index is 831. The highest BCUT2D eigenvalue weighted by molar-refractivity contribution is 7.98. The molecule has 0 atom stereocenters. The van der Waals surface area contributed by atoms with Gasteiger partial charge in [0.15, 0.2) is 11.0 Å². The minimum absolute atomic E-state index is 0.376. The van der Waals surface area contributed by atoms with Crippen molar-refractivity contribution < 1.29 is 9.47 Å². The summed E-state index contributed by atoms with van der Waals surface area (Å²) in [5, 5.41) is 9.40. The van der Waals surface area contributed by atoms with E-state index >= 15 is 0 Å². The number of benzene rings is 2. The first-order valence-electron chi connectivity index (χ1n) is 8.00. The largest absolute Gasteiger partial charge is 0.497 e. The Morgan fingerprint density at radius 1 is 1.00 bits per heavy atom. The number of hydrogen-bond acceptors (Lipinski definition) is 5. The van der Waals surface area contributed by atoms with E-state index in [0.29, 0.717) is 6.61 Å². The van der Waals surface area contributed by atoms with Gasteiger partial charge in [0.05, 0.1) is 7.11 Å². The van der Waals surface area contributed by atoms with Crippen LogP contribution < -0.4 is 9.47 Å². The third kappa shape index (κ3) is 4.33. The molecule has 5 nitrogen and oxygen atoms in total. The van der Waals surface area contributed by atoms with Crippen molar-refractivity contribution in [3.05, 3.63) is 65.5 Å². The maximum Gasteiger partial charge on any atom is 0.191 e. The van der Waals surface area contributed by atoms with Gasteiger partial charge < -0.3 is 14.0 Å². The van der Waals surface area contributed by atoms with Crippen LogP contribution in [0, 0.1) is 6.92 Å². The number of nitrogens with zero attached hydrogens (tertiary/aromatic N) is 3. The molecular weight excluding hydrogens is 334 g/mol. The first-order chi connectivity index (χ1) is 12.2. The Labute approximate surface area is 152 Å². The molecular formula is C19H21N3O2S. The second-order valence-electron chi connectivity index (χ2n) is 5.64. The number of aromatic nitrogens is 3. The van der Waals surface area contributed by atoms with Crippen molar-refractivity contribution in [2.75, 3.05) is 7.11 Å². The minimum atomic E-state index is 0.376. The van der Waals surface area contributed by atoms with Crippen molar-refractivity contribution in [1.29, 1.82) is 0 Å². The molecule has 0 aliphatic heterocycles. The van der Waals surface area contributed by atoms with Crippen LogP contribution in [-0.2, 0) is 19.4 Å². The summed E-state index contributed by atoms with van der Waals surface area (Å²) < 4.78 is 12.9. The predicted octanol–water partition coefficient (Wildman–Crippen LogP) is 4.00. The smallest absolute Gasteiger partial charge is 0.191 e. The Balaban J connectivity index is 1.59. The van der Waals surface area contributed by atoms with E-state index < -0.39 is 0 Å². The zero-order valence-corrected chi connectivity index (χ0v) is 15.4. The van der Waals surface area contributed by atoms with Gasteiger partial charge in [0.2, 0.25) is 0 Å². The van der Waals surface area contributed by atoms with Gasteiger partial charge >= 0.3 is 0 Å². The molecule has 0 spiro atoms. The van der Waals surface area contributed by atoms with Crippen LogP contribution in [0.1, 0.15) is 17.0 Å². The van der Waals surface area contributed by atoms with E-state index in [4.69, 9.17) is 9.47 Å². The van der Waals surface area contributed by atoms with Crippen LogP contribution in [0.2, 0.25) is 0 Å². The van der Waals surface area contributed by atoms with E-state index in [2.05, 4.69) is 41.4 Å². The number of aryl methyl sites for hydroxylation is 1. The average molecular weight is 355 g/mol. The lowest BCUT2D eigenvalue weighted by molar-refractivity contribution is 0.290. The van der Waals surface area contributed by atoms with Gasteiger partial charge in [-0.1, -0.05) is 36.0 Å². The number of ether oxygens (including phenoxy) is 2. The lowest BCUT2D eigenvalue weighted by Gasteiger charge is -2.08. The number of hydrogen-bond donors (Lipinski definition) is 0. The average Bonchev–Trinajstić information content (AvgIpc) is 2.99. The fraction of sp³-hybridized carbons (Fsp3) is 0.263. The fourth-order valence-electron chi connectivity index (χ4n) is 2.33. The normalized spacial score (nSPS) is 10.7. The second kappa shape index (κ2) is 8.07. The highest BCUT2D eigenvalue weighted by atomic mass is 32.2. The van der Waals surface area contributed by atoms with Crippen molar-refractivity contribution in [1.82, 2.24) is 14.8 Å². The van der Waals surface area contributed by atoms with E-state index in [1.54, 1.807) is 18.9 Å². The molecule has 0 fully saturated rings. The van der Waals surface area contributed by atoms with Crippen LogP contribution >= 0.6 is 11.8 Å². The Kier molecular flexibility index (Phi) is 5.60. The molecule has 0 saturated carbocycles. The van der Waals surface area contributed by atoms with Crippen LogP contribution in [0.3, 0.4) is 0 Å². The molecule has 0 amide bonds. The van der Waals surface area contributed by atoms with Gasteiger partial charge in [0.1, 0.15) is 18.1 Å². The second-order valence-corrected chi connectivity index (χ2v) is 6.58. The third-order valence-corrected chi connectivity index (χ3v) is 5.04. The molecule has 1 aromatic heterocycles. The van der Waals surface area contributed by atoms with Crippen molar-refractivity contribution in [2.45, 2.75) is 24.4 Å². The van der Waals surface area contributed by atoms with Crippen LogP contribution in [0.25, 0.3) is 0 Å². The molecule has 2 aromatic carbocycles. The standard InChI is InChI=1S/C19H21N3O2S/c1-14-6-4-5-7-15(14)13-25-19-21-20-18(22(19)2)12-24-17-10-8-16(23-3)9-11-17/h4-11H,12-13H2,1-3H3. The molecule has 3 rings (SSSR count). The summed E-state index contributed by atoms with van der Waals surface area (Å²) in [7, 11) is 3.61. The van der Waals surface area contributed by atoms with Crippen LogP contribution in [0.4, 0.5) is 0 Å². The molecule has 0 saturated heterocycles. The van der Waals surface area contributed by atoms with E-state index in [0.717, 1.165) is 28.2 Å². The van der Waals surface area contributed by atoms with Gasteiger partial charge in [-0.15, -0.1) is 10.2 Å². The molecule has 1 heterocycles. The summed E-state index contributed by atoms with van der Waals surface area (Å²) in [4.78, 5) is 0. The van der Waals surface area contributed by atoms with Gasteiger partial charge in [-0.3, -0.25) is 0 Å². The lowest BCUT2D eigenvalue weighted by atomic mass is 10.1. The summed E-state index contributed by atoms with van der Waals surface area (Å²) in [6.45, 7) is 2.50. The quantitative estimate of drug-likeness (QED) is 0.600. The van der Waals surface area contributed by atoms with Gasteiger partial charge in [0, 0.05) is 12.8 Å². The molecule has 0 bridgehead atoms. The van der Waals surface area contributed by atoms with E-state index in [9.17, 15) is 0 Å². The number of thioether (sulfide) groups is 1. The number of methoxy groups -OCH3 is 1. The highest BCUT2D eigenvalue weighted by Gasteiger charge is 2.10. The SMILES string of the molecule is COc1ccc(OCc2nnc(SCc3ccccc3C)n2C)cc1. The molecule has 0 aliphatic carbocycles. The summed E-state index contributed by atoms with van der Waals surface area (Å²) in [6.07, 6.45) is 0. The highest BCUT2D eigenvalue weighted by Crippen LogP contribution is 2.23. The van der Waals surface area contributed by atoms with Crippen LogP contribution in [0.5, 0.6) is 11.5 Å². The molecule has 130 valence electrons. The first kappa shape index (κ1) is 17.4. The van der Waals surface area contributed by atoms with Crippen molar-refractivity contribution in [3.63, 3.8) is 0 Å². The zero-order valence-electron chi connectivity index (χ0n) is 14.6. The summed E-state index contributed by atoms with van der Waals surface area (Å²) >= 11 is 1.68. The molecule has 0 aliphatic rings. The van der Waals surface area contributed by atoms with Gasteiger partial charge in [-0.05, 0) is 42.3 Å². The predicted molar refractivity (Wildman–Crippen MR) is 99.1 cm³/mol. The van der Waals surface area contributed by atoms with Crippen molar-refractivity contribution in [3.8, 4) is 11.5 Å². The molecule has 0 N–H and O–H groups in total.